The van der Waals surface area contributed by atoms with E-state index < -0.39 is 35.1 Å². The van der Waals surface area contributed by atoms with Crippen LogP contribution < -0.4 is 0 Å². The van der Waals surface area contributed by atoms with E-state index in [0.29, 0.717) is 49.7 Å². The van der Waals surface area contributed by atoms with Crippen LogP contribution in [0.2, 0.25) is 0 Å². The number of aromatic hydroxyl groups is 1. The van der Waals surface area contributed by atoms with E-state index in [1.165, 1.54) is 11.8 Å². The van der Waals surface area contributed by atoms with Gasteiger partial charge in [0.15, 0.2) is 0 Å². The molecule has 2 aliphatic rings. The number of phenols is 1. The van der Waals surface area contributed by atoms with Crippen LogP contribution in [0.1, 0.15) is 120 Å². The molecule has 0 spiro atoms. The number of hydrogen-bond acceptors (Lipinski definition) is 8. The summed E-state index contributed by atoms with van der Waals surface area (Å²) in [5.74, 6) is -2.70. The Hall–Kier alpha value is -2.43. The number of hydrogen-bond donors (Lipinski definition) is 4. The Morgan fingerprint density at radius 1 is 1.04 bits per heavy atom. The number of Topliss-reactive ketones (excluding diaryl/α,β-unsaturated/α-hetero) is 1. The Bertz CT molecular complexity index is 1500. The van der Waals surface area contributed by atoms with Crippen LogP contribution in [-0.4, -0.2) is 67.8 Å². The maximum absolute atomic E-state index is 14.2. The highest BCUT2D eigenvalue weighted by Gasteiger charge is 2.55. The molecule has 10 atom stereocenters. The fourth-order valence-electron chi connectivity index (χ4n) is 8.48. The minimum Gasteiger partial charge on any atom is -0.507 e. The third kappa shape index (κ3) is 7.97. The summed E-state index contributed by atoms with van der Waals surface area (Å²) in [7, 11) is 0. The molecule has 8 nitrogen and oxygen atoms in total. The molecule has 0 bridgehead atoms. The monoisotopic (exact) mass is 712 g/mol. The molecule has 0 radical (unpaired) electrons. The number of aliphatic hydroxyl groups excluding tert-OH is 1. The van der Waals surface area contributed by atoms with Gasteiger partial charge in [-0.15, -0.1) is 0 Å². The SMILES string of the molecule is CC[C@@H](C(=O)[C@@H](C)[C@@H](O)[C@H](C)CCc1c(Sc2ccccc2)c(C)c(C)c(O)c1C(=O)O)[C@H]1O[C@](CC)([C@H]2CC[C@](O)(CC)[C@H](C)O2)C[C@@H]1C. The zero-order chi connectivity index (χ0) is 37.1. The molecule has 278 valence electrons. The van der Waals surface area contributed by atoms with Crippen molar-refractivity contribution in [3.63, 3.8) is 0 Å². The lowest BCUT2D eigenvalue weighted by Crippen LogP contribution is -2.55. The molecular formula is C41H60O8S. The van der Waals surface area contributed by atoms with Gasteiger partial charge in [-0.3, -0.25) is 4.79 Å². The third-order valence-electron chi connectivity index (χ3n) is 12.2. The van der Waals surface area contributed by atoms with Crippen molar-refractivity contribution in [2.24, 2.45) is 23.7 Å². The highest BCUT2D eigenvalue weighted by molar-refractivity contribution is 7.99. The molecule has 2 heterocycles. The number of benzene rings is 2. The molecule has 0 saturated carbocycles. The molecule has 4 rings (SSSR count). The van der Waals surface area contributed by atoms with Crippen LogP contribution >= 0.6 is 11.8 Å². The van der Waals surface area contributed by atoms with Gasteiger partial charge in [0.05, 0.1) is 35.6 Å². The molecule has 0 unspecified atom stereocenters. The fourth-order valence-corrected chi connectivity index (χ4v) is 9.65. The van der Waals surface area contributed by atoms with E-state index in [1.54, 1.807) is 13.8 Å². The number of carboxylic acids is 1. The summed E-state index contributed by atoms with van der Waals surface area (Å²) in [4.78, 5) is 28.4. The number of aromatic carboxylic acids is 1. The highest BCUT2D eigenvalue weighted by Crippen LogP contribution is 2.49. The minimum absolute atomic E-state index is 0.0238. The molecule has 2 aliphatic heterocycles. The van der Waals surface area contributed by atoms with E-state index in [0.717, 1.165) is 28.2 Å². The van der Waals surface area contributed by atoms with Gasteiger partial charge in [0.1, 0.15) is 17.1 Å². The fraction of sp³-hybridized carbons (Fsp3) is 0.659. The lowest BCUT2D eigenvalue weighted by atomic mass is 9.76. The molecule has 4 N–H and O–H groups in total. The standard InChI is InChI=1S/C41H60O8S/c1-10-30(37-24(5)22-41(12-3,49-37)32-20-21-40(47,11-2)28(9)48-32)35(43)27(8)34(42)23(4)18-19-31-33(39(45)46)36(44)25(6)26(7)38(31)50-29-16-14-13-15-17-29/h13-17,23-24,27-28,30,32,34,37,42,44,47H,10-12,18-22H2,1-9H3,(H,45,46)/t23-,24+,27+,28+,30+,32-,34+,37+,40-,41+/m1/s1. The topological polar surface area (TPSA) is 134 Å². The quantitative estimate of drug-likeness (QED) is 0.144. The summed E-state index contributed by atoms with van der Waals surface area (Å²) in [6.45, 7) is 17.5. The van der Waals surface area contributed by atoms with Crippen LogP contribution in [0.4, 0.5) is 0 Å². The van der Waals surface area contributed by atoms with Crippen LogP contribution in [0, 0.1) is 37.5 Å². The normalized spacial score (nSPS) is 29.3. The third-order valence-corrected chi connectivity index (χ3v) is 13.5. The second-order valence-electron chi connectivity index (χ2n) is 15.2. The Kier molecular flexibility index (Phi) is 13.3. The van der Waals surface area contributed by atoms with Crippen molar-refractivity contribution in [1.82, 2.24) is 0 Å². The first-order valence-corrected chi connectivity index (χ1v) is 19.5. The summed E-state index contributed by atoms with van der Waals surface area (Å²) in [5.41, 5.74) is 0.413. The predicted octanol–water partition coefficient (Wildman–Crippen LogP) is 8.30. The van der Waals surface area contributed by atoms with Gasteiger partial charge in [-0.05, 0) is 113 Å². The number of carbonyl (C=O) groups is 2. The molecule has 2 fully saturated rings. The van der Waals surface area contributed by atoms with Gasteiger partial charge in [0, 0.05) is 21.6 Å². The summed E-state index contributed by atoms with van der Waals surface area (Å²) in [6.07, 6.45) is 3.10. The number of ketones is 1. The molecule has 9 heteroatoms. The number of rotatable bonds is 15. The molecule has 2 aromatic rings. The van der Waals surface area contributed by atoms with Gasteiger partial charge in [0.25, 0.3) is 0 Å². The van der Waals surface area contributed by atoms with Gasteiger partial charge in [-0.25, -0.2) is 4.79 Å². The van der Waals surface area contributed by atoms with Crippen molar-refractivity contribution in [3.05, 3.63) is 52.6 Å². The Balaban J connectivity index is 1.50. The van der Waals surface area contributed by atoms with Crippen molar-refractivity contribution >= 4 is 23.5 Å². The van der Waals surface area contributed by atoms with E-state index in [4.69, 9.17) is 9.47 Å². The highest BCUT2D eigenvalue weighted by atomic mass is 32.2. The van der Waals surface area contributed by atoms with E-state index in [1.807, 2.05) is 65.0 Å². The second kappa shape index (κ2) is 16.5. The smallest absolute Gasteiger partial charge is 0.339 e. The Morgan fingerprint density at radius 3 is 2.26 bits per heavy atom. The molecule has 2 saturated heterocycles. The van der Waals surface area contributed by atoms with E-state index in [-0.39, 0.29) is 47.2 Å². The van der Waals surface area contributed by atoms with E-state index in [2.05, 4.69) is 13.8 Å². The molecule has 0 aromatic heterocycles. The molecule has 2 aromatic carbocycles. The first-order valence-electron chi connectivity index (χ1n) is 18.6. The van der Waals surface area contributed by atoms with Crippen LogP contribution in [0.5, 0.6) is 5.75 Å². The summed E-state index contributed by atoms with van der Waals surface area (Å²) < 4.78 is 13.4. The van der Waals surface area contributed by atoms with Gasteiger partial charge in [0.2, 0.25) is 0 Å². The van der Waals surface area contributed by atoms with Crippen molar-refractivity contribution in [1.29, 1.82) is 0 Å². The summed E-state index contributed by atoms with van der Waals surface area (Å²) >= 11 is 1.47. The number of ether oxygens (including phenoxy) is 2. The molecular weight excluding hydrogens is 653 g/mol. The maximum Gasteiger partial charge on any atom is 0.339 e. The molecule has 50 heavy (non-hydrogen) atoms. The zero-order valence-electron chi connectivity index (χ0n) is 31.5. The second-order valence-corrected chi connectivity index (χ2v) is 16.2. The van der Waals surface area contributed by atoms with Crippen molar-refractivity contribution < 1.29 is 39.5 Å². The Morgan fingerprint density at radius 2 is 1.70 bits per heavy atom. The van der Waals surface area contributed by atoms with Crippen molar-refractivity contribution in [3.8, 4) is 5.75 Å². The van der Waals surface area contributed by atoms with Crippen LogP contribution in [0.15, 0.2) is 40.1 Å². The zero-order valence-corrected chi connectivity index (χ0v) is 32.3. The van der Waals surface area contributed by atoms with Crippen LogP contribution in [0.25, 0.3) is 0 Å². The van der Waals surface area contributed by atoms with Gasteiger partial charge < -0.3 is 29.9 Å². The lowest BCUT2D eigenvalue weighted by molar-refractivity contribution is -0.229. The summed E-state index contributed by atoms with van der Waals surface area (Å²) in [6, 6.07) is 9.72. The van der Waals surface area contributed by atoms with E-state index in [9.17, 15) is 30.0 Å². The number of carbonyl (C=O) groups excluding carboxylic acids is 1. The molecule has 0 aliphatic carbocycles. The lowest BCUT2D eigenvalue weighted by Gasteiger charge is -2.47. The first-order chi connectivity index (χ1) is 23.5. The summed E-state index contributed by atoms with van der Waals surface area (Å²) in [5, 5.41) is 43.7. The Labute approximate surface area is 303 Å². The number of aliphatic hydroxyl groups is 2. The predicted molar refractivity (Wildman–Crippen MR) is 197 cm³/mol. The number of carboxylic acid groups (broad SMARTS) is 1. The largest absolute Gasteiger partial charge is 0.507 e. The maximum atomic E-state index is 14.2. The van der Waals surface area contributed by atoms with Crippen LogP contribution in [0.3, 0.4) is 0 Å². The average Bonchev–Trinajstić information content (AvgIpc) is 3.45. The van der Waals surface area contributed by atoms with Gasteiger partial charge in [-0.2, -0.15) is 0 Å². The average molecular weight is 713 g/mol. The van der Waals surface area contributed by atoms with Crippen LogP contribution in [-0.2, 0) is 20.7 Å². The van der Waals surface area contributed by atoms with Gasteiger partial charge >= 0.3 is 5.97 Å². The minimum atomic E-state index is -1.19. The molecule has 0 amide bonds. The van der Waals surface area contributed by atoms with Crippen molar-refractivity contribution in [2.45, 2.75) is 159 Å². The van der Waals surface area contributed by atoms with Crippen molar-refractivity contribution in [2.75, 3.05) is 0 Å². The van der Waals surface area contributed by atoms with E-state index >= 15 is 0 Å². The first kappa shape index (κ1) is 40.3. The van der Waals surface area contributed by atoms with Gasteiger partial charge in [-0.1, -0.05) is 71.5 Å².